The smallest absolute Gasteiger partial charge is 0.379 e. The van der Waals surface area contributed by atoms with Crippen molar-refractivity contribution in [3.8, 4) is 5.75 Å². The first-order chi connectivity index (χ1) is 10.5. The van der Waals surface area contributed by atoms with Gasteiger partial charge in [-0.15, -0.1) is 0 Å². The highest BCUT2D eigenvalue weighted by atomic mass is 16.5. The number of benzene rings is 2. The van der Waals surface area contributed by atoms with Crippen LogP contribution in [0.4, 0.5) is 0 Å². The highest BCUT2D eigenvalue weighted by molar-refractivity contribution is 5.93. The minimum absolute atomic E-state index is 0.215. The van der Waals surface area contributed by atoms with E-state index in [0.717, 1.165) is 10.9 Å². The average molecular weight is 294 g/mol. The normalized spacial score (nSPS) is 11.1. The third-order valence-electron chi connectivity index (χ3n) is 3.70. The summed E-state index contributed by atoms with van der Waals surface area (Å²) in [5.74, 6) is 0.715. The van der Waals surface area contributed by atoms with E-state index < -0.39 is 5.97 Å². The van der Waals surface area contributed by atoms with Gasteiger partial charge in [-0.3, -0.25) is 0 Å². The van der Waals surface area contributed by atoms with E-state index in [4.69, 9.17) is 9.15 Å². The van der Waals surface area contributed by atoms with Gasteiger partial charge in [-0.1, -0.05) is 38.1 Å². The van der Waals surface area contributed by atoms with Crippen LogP contribution in [0.25, 0.3) is 11.0 Å². The van der Waals surface area contributed by atoms with Crippen LogP contribution in [-0.4, -0.2) is 5.97 Å². The molecule has 0 aliphatic heterocycles. The molecule has 0 N–H and O–H groups in total. The zero-order valence-electron chi connectivity index (χ0n) is 12.9. The first-order valence-electron chi connectivity index (χ1n) is 7.36. The molecule has 3 nitrogen and oxygen atoms in total. The number of hydrogen-bond donors (Lipinski definition) is 0. The largest absolute Gasteiger partial charge is 0.449 e. The molecule has 0 unspecified atom stereocenters. The zero-order chi connectivity index (χ0) is 15.7. The van der Waals surface area contributed by atoms with Gasteiger partial charge in [-0.05, 0) is 48.2 Å². The quantitative estimate of drug-likeness (QED) is 0.499. The summed E-state index contributed by atoms with van der Waals surface area (Å²) in [5, 5.41) is 0.890. The third kappa shape index (κ3) is 2.75. The van der Waals surface area contributed by atoms with E-state index in [1.165, 1.54) is 5.56 Å². The van der Waals surface area contributed by atoms with Crippen molar-refractivity contribution in [1.29, 1.82) is 0 Å². The number of fused-ring (bicyclic) bond motifs is 1. The zero-order valence-corrected chi connectivity index (χ0v) is 12.9. The molecule has 0 saturated carbocycles. The van der Waals surface area contributed by atoms with E-state index in [9.17, 15) is 4.79 Å². The number of esters is 1. The molecule has 0 saturated heterocycles. The number of para-hydroxylation sites is 1. The summed E-state index contributed by atoms with van der Waals surface area (Å²) in [5.41, 5.74) is 3.05. The molecule has 3 rings (SSSR count). The first kappa shape index (κ1) is 14.4. The van der Waals surface area contributed by atoms with Gasteiger partial charge in [0, 0.05) is 5.39 Å². The molecule has 0 spiro atoms. The van der Waals surface area contributed by atoms with Gasteiger partial charge in [-0.2, -0.15) is 0 Å². The third-order valence-corrected chi connectivity index (χ3v) is 3.70. The maximum absolute atomic E-state index is 12.2. The summed E-state index contributed by atoms with van der Waals surface area (Å²) in [6.07, 6.45) is 0. The molecule has 3 aromatic rings. The molecule has 0 bridgehead atoms. The van der Waals surface area contributed by atoms with Crippen molar-refractivity contribution in [3.63, 3.8) is 0 Å². The van der Waals surface area contributed by atoms with Crippen LogP contribution in [0.2, 0.25) is 0 Å². The minimum atomic E-state index is -0.479. The molecule has 0 aliphatic carbocycles. The van der Waals surface area contributed by atoms with Crippen LogP contribution >= 0.6 is 0 Å². The fraction of sp³-hybridized carbons (Fsp3) is 0.211. The van der Waals surface area contributed by atoms with Gasteiger partial charge in [0.05, 0.1) is 0 Å². The van der Waals surface area contributed by atoms with E-state index in [2.05, 4.69) is 13.8 Å². The summed E-state index contributed by atoms with van der Waals surface area (Å²) in [4.78, 5) is 12.2. The Bertz CT molecular complexity index is 795. The van der Waals surface area contributed by atoms with Gasteiger partial charge in [0.1, 0.15) is 11.3 Å². The number of ether oxygens (including phenoxy) is 1. The van der Waals surface area contributed by atoms with E-state index in [1.807, 2.05) is 49.4 Å². The Kier molecular flexibility index (Phi) is 3.72. The van der Waals surface area contributed by atoms with Crippen LogP contribution in [0.5, 0.6) is 5.75 Å². The molecule has 3 heteroatoms. The minimum Gasteiger partial charge on any atom is -0.449 e. The van der Waals surface area contributed by atoms with Gasteiger partial charge < -0.3 is 9.15 Å². The summed E-state index contributed by atoms with van der Waals surface area (Å²) >= 11 is 0. The van der Waals surface area contributed by atoms with Crippen LogP contribution in [0.1, 0.15) is 41.4 Å². The number of hydrogen-bond acceptors (Lipinski definition) is 3. The molecule has 2 aromatic carbocycles. The number of carbonyl (C=O) groups excluding carboxylic acids is 1. The van der Waals surface area contributed by atoms with E-state index in [0.29, 0.717) is 17.3 Å². The molecule has 22 heavy (non-hydrogen) atoms. The fourth-order valence-corrected chi connectivity index (χ4v) is 2.60. The van der Waals surface area contributed by atoms with Gasteiger partial charge in [-0.25, -0.2) is 4.79 Å². The summed E-state index contributed by atoms with van der Waals surface area (Å²) in [7, 11) is 0. The molecular weight excluding hydrogens is 276 g/mol. The second-order valence-corrected chi connectivity index (χ2v) is 5.71. The van der Waals surface area contributed by atoms with Crippen molar-refractivity contribution in [1.82, 2.24) is 0 Å². The van der Waals surface area contributed by atoms with Crippen molar-refractivity contribution in [2.75, 3.05) is 0 Å². The SMILES string of the molecule is Cc1cc(OC(=O)c2cc3ccccc3o2)ccc1C(C)C. The molecule has 0 aliphatic rings. The molecule has 1 heterocycles. The number of furan rings is 1. The second kappa shape index (κ2) is 5.68. The average Bonchev–Trinajstić information content (AvgIpc) is 2.91. The molecule has 112 valence electrons. The Morgan fingerprint density at radius 2 is 1.86 bits per heavy atom. The lowest BCUT2D eigenvalue weighted by Crippen LogP contribution is -2.07. The van der Waals surface area contributed by atoms with E-state index in [-0.39, 0.29) is 5.76 Å². The van der Waals surface area contributed by atoms with Crippen molar-refractivity contribution in [2.24, 2.45) is 0 Å². The maximum Gasteiger partial charge on any atom is 0.379 e. The second-order valence-electron chi connectivity index (χ2n) is 5.71. The number of carbonyl (C=O) groups is 1. The lowest BCUT2D eigenvalue weighted by atomic mass is 9.98. The van der Waals surface area contributed by atoms with Crippen LogP contribution in [0, 0.1) is 6.92 Å². The lowest BCUT2D eigenvalue weighted by Gasteiger charge is -2.11. The van der Waals surface area contributed by atoms with Crippen LogP contribution < -0.4 is 4.74 Å². The topological polar surface area (TPSA) is 39.4 Å². The van der Waals surface area contributed by atoms with Gasteiger partial charge in [0.15, 0.2) is 0 Å². The standard InChI is InChI=1S/C19H18O3/c1-12(2)16-9-8-15(10-13(16)3)21-19(20)18-11-14-6-4-5-7-17(14)22-18/h4-12H,1-3H3. The molecule has 0 atom stereocenters. The van der Waals surface area contributed by atoms with Crippen molar-refractivity contribution < 1.29 is 13.9 Å². The Hall–Kier alpha value is -2.55. The maximum atomic E-state index is 12.2. The monoisotopic (exact) mass is 294 g/mol. The molecule has 1 aromatic heterocycles. The van der Waals surface area contributed by atoms with Crippen LogP contribution in [0.3, 0.4) is 0 Å². The molecule has 0 fully saturated rings. The molecule has 0 amide bonds. The van der Waals surface area contributed by atoms with Gasteiger partial charge >= 0.3 is 5.97 Å². The number of rotatable bonds is 3. The number of aryl methyl sites for hydroxylation is 1. The van der Waals surface area contributed by atoms with Crippen LogP contribution in [-0.2, 0) is 0 Å². The van der Waals surface area contributed by atoms with E-state index in [1.54, 1.807) is 6.07 Å². The Balaban J connectivity index is 1.83. The Morgan fingerprint density at radius 3 is 2.55 bits per heavy atom. The van der Waals surface area contributed by atoms with Crippen molar-refractivity contribution >= 4 is 16.9 Å². The predicted octanol–water partition coefficient (Wildman–Crippen LogP) is 5.08. The first-order valence-corrected chi connectivity index (χ1v) is 7.36. The fourth-order valence-electron chi connectivity index (χ4n) is 2.60. The predicted molar refractivity (Wildman–Crippen MR) is 86.4 cm³/mol. The van der Waals surface area contributed by atoms with E-state index >= 15 is 0 Å². The highest BCUT2D eigenvalue weighted by Crippen LogP contribution is 2.25. The van der Waals surface area contributed by atoms with Crippen LogP contribution in [0.15, 0.2) is 52.9 Å². The Morgan fingerprint density at radius 1 is 1.09 bits per heavy atom. The van der Waals surface area contributed by atoms with Crippen molar-refractivity contribution in [3.05, 3.63) is 65.4 Å². The molecule has 0 radical (unpaired) electrons. The Labute approximate surface area is 129 Å². The summed E-state index contributed by atoms with van der Waals surface area (Å²) in [6, 6.07) is 14.9. The summed E-state index contributed by atoms with van der Waals surface area (Å²) in [6.45, 7) is 6.30. The summed E-state index contributed by atoms with van der Waals surface area (Å²) < 4.78 is 10.9. The van der Waals surface area contributed by atoms with Gasteiger partial charge in [0.25, 0.3) is 0 Å². The van der Waals surface area contributed by atoms with Crippen molar-refractivity contribution in [2.45, 2.75) is 26.7 Å². The molecular formula is C19H18O3. The van der Waals surface area contributed by atoms with Gasteiger partial charge in [0.2, 0.25) is 5.76 Å². The lowest BCUT2D eigenvalue weighted by molar-refractivity contribution is 0.0704. The highest BCUT2D eigenvalue weighted by Gasteiger charge is 2.15.